The van der Waals surface area contributed by atoms with Crippen LogP contribution in [0.5, 0.6) is 0 Å². The van der Waals surface area contributed by atoms with Crippen molar-refractivity contribution < 1.29 is 9.53 Å². The Morgan fingerprint density at radius 2 is 2.00 bits per heavy atom. The molecule has 8 nitrogen and oxygen atoms in total. The van der Waals surface area contributed by atoms with Gasteiger partial charge in [-0.2, -0.15) is 0 Å². The number of nitrogens with two attached hydrogens (primary N) is 1. The number of anilines is 2. The fourth-order valence-corrected chi connectivity index (χ4v) is 1.49. The molecule has 112 valence electrons. The van der Waals surface area contributed by atoms with Crippen molar-refractivity contribution in [2.24, 2.45) is 5.84 Å². The summed E-state index contributed by atoms with van der Waals surface area (Å²) < 4.78 is 4.97. The highest BCUT2D eigenvalue weighted by Gasteiger charge is 2.13. The first-order chi connectivity index (χ1) is 9.34. The Kier molecular flexibility index (Phi) is 5.66. The summed E-state index contributed by atoms with van der Waals surface area (Å²) in [6.45, 7) is 6.14. The highest BCUT2D eigenvalue weighted by molar-refractivity contribution is 5.81. The minimum Gasteiger partial charge on any atom is -0.377 e. The van der Waals surface area contributed by atoms with E-state index in [2.05, 4.69) is 26.0 Å². The van der Waals surface area contributed by atoms with E-state index in [1.165, 1.54) is 0 Å². The van der Waals surface area contributed by atoms with E-state index in [1.54, 1.807) is 13.2 Å². The number of carbonyl (C=O) groups excluding carboxylic acids is 1. The molecular formula is C12H22N6O2. The van der Waals surface area contributed by atoms with Gasteiger partial charge in [-0.3, -0.25) is 4.79 Å². The molecule has 0 atom stereocenters. The molecule has 0 bridgehead atoms. The Hall–Kier alpha value is -1.93. The van der Waals surface area contributed by atoms with E-state index in [1.807, 2.05) is 20.8 Å². The lowest BCUT2D eigenvalue weighted by atomic mass is 10.1. The van der Waals surface area contributed by atoms with Crippen LogP contribution in [0.25, 0.3) is 0 Å². The maximum atomic E-state index is 11.7. The lowest BCUT2D eigenvalue weighted by molar-refractivity contribution is -0.120. The van der Waals surface area contributed by atoms with Gasteiger partial charge in [0.25, 0.3) is 0 Å². The van der Waals surface area contributed by atoms with Crippen LogP contribution in [0.1, 0.15) is 26.6 Å². The Balaban J connectivity index is 2.67. The van der Waals surface area contributed by atoms with E-state index in [0.29, 0.717) is 17.5 Å². The third-order valence-electron chi connectivity index (χ3n) is 2.14. The molecule has 0 unspecified atom stereocenters. The van der Waals surface area contributed by atoms with Crippen LogP contribution in [0.15, 0.2) is 6.07 Å². The molecule has 0 saturated heterocycles. The molecule has 1 heterocycles. The van der Waals surface area contributed by atoms with Crippen molar-refractivity contribution in [1.29, 1.82) is 0 Å². The van der Waals surface area contributed by atoms with Crippen molar-refractivity contribution in [3.8, 4) is 0 Å². The van der Waals surface area contributed by atoms with Gasteiger partial charge in [0, 0.05) is 18.7 Å². The summed E-state index contributed by atoms with van der Waals surface area (Å²) in [6, 6.07) is 1.61. The zero-order chi connectivity index (χ0) is 15.2. The SMILES string of the molecule is COCc1nc(NN)cc(NCC(=O)NC(C)(C)C)n1. The second-order valence-corrected chi connectivity index (χ2v) is 5.28. The van der Waals surface area contributed by atoms with Gasteiger partial charge in [0.2, 0.25) is 5.91 Å². The predicted octanol–water partition coefficient (Wildman–Crippen LogP) is 0.235. The maximum absolute atomic E-state index is 11.7. The number of methoxy groups -OCH3 is 1. The molecule has 0 saturated carbocycles. The summed E-state index contributed by atoms with van der Waals surface area (Å²) in [6.07, 6.45) is 0. The van der Waals surface area contributed by atoms with Crippen LogP contribution in [-0.2, 0) is 16.1 Å². The Labute approximate surface area is 118 Å². The van der Waals surface area contributed by atoms with Crippen LogP contribution in [0.3, 0.4) is 0 Å². The summed E-state index contributed by atoms with van der Waals surface area (Å²) in [5, 5.41) is 5.77. The number of rotatable bonds is 6. The topological polar surface area (TPSA) is 114 Å². The highest BCUT2D eigenvalue weighted by atomic mass is 16.5. The number of nitrogens with zero attached hydrogens (tertiary/aromatic N) is 2. The molecule has 1 aromatic rings. The zero-order valence-electron chi connectivity index (χ0n) is 12.3. The van der Waals surface area contributed by atoms with E-state index in [0.717, 1.165) is 0 Å². The fourth-order valence-electron chi connectivity index (χ4n) is 1.49. The number of nitrogen functional groups attached to an aromatic ring is 1. The standard InChI is InChI=1S/C12H22N6O2/c1-12(2,3)17-11(19)6-14-8-5-9(18-13)16-10(15-8)7-20-4/h5H,6-7,13H2,1-4H3,(H,17,19)(H2,14,15,16,18). The van der Waals surface area contributed by atoms with Gasteiger partial charge in [-0.05, 0) is 20.8 Å². The van der Waals surface area contributed by atoms with Gasteiger partial charge < -0.3 is 20.8 Å². The number of nitrogens with one attached hydrogen (secondary N) is 3. The minimum absolute atomic E-state index is 0.116. The van der Waals surface area contributed by atoms with Crippen molar-refractivity contribution in [1.82, 2.24) is 15.3 Å². The summed E-state index contributed by atoms with van der Waals surface area (Å²) in [5.74, 6) is 6.64. The third-order valence-corrected chi connectivity index (χ3v) is 2.14. The first kappa shape index (κ1) is 16.1. The molecule has 0 aliphatic carbocycles. The maximum Gasteiger partial charge on any atom is 0.239 e. The Bertz CT molecular complexity index is 458. The van der Waals surface area contributed by atoms with Crippen LogP contribution in [0, 0.1) is 0 Å². The van der Waals surface area contributed by atoms with Crippen molar-refractivity contribution in [2.75, 3.05) is 24.4 Å². The molecule has 1 amide bonds. The van der Waals surface area contributed by atoms with Crippen LogP contribution in [-0.4, -0.2) is 35.1 Å². The average Bonchev–Trinajstić information content (AvgIpc) is 2.34. The van der Waals surface area contributed by atoms with Crippen molar-refractivity contribution in [2.45, 2.75) is 32.9 Å². The average molecular weight is 282 g/mol. The van der Waals surface area contributed by atoms with Gasteiger partial charge >= 0.3 is 0 Å². The van der Waals surface area contributed by atoms with Crippen molar-refractivity contribution >= 4 is 17.5 Å². The number of ether oxygens (including phenoxy) is 1. The first-order valence-electron chi connectivity index (χ1n) is 6.22. The number of carbonyl (C=O) groups is 1. The number of hydrogen-bond acceptors (Lipinski definition) is 7. The smallest absolute Gasteiger partial charge is 0.239 e. The molecule has 1 rings (SSSR count). The lowest BCUT2D eigenvalue weighted by Crippen LogP contribution is -2.43. The summed E-state index contributed by atoms with van der Waals surface area (Å²) in [7, 11) is 1.55. The summed E-state index contributed by atoms with van der Waals surface area (Å²) in [4.78, 5) is 20.0. The molecule has 0 fully saturated rings. The third kappa shape index (κ3) is 5.81. The number of aromatic nitrogens is 2. The second kappa shape index (κ2) is 7.01. The fraction of sp³-hybridized carbons (Fsp3) is 0.583. The Morgan fingerprint density at radius 1 is 1.35 bits per heavy atom. The van der Waals surface area contributed by atoms with Gasteiger partial charge in [-0.15, -0.1) is 0 Å². The summed E-state index contributed by atoms with van der Waals surface area (Å²) >= 11 is 0. The van der Waals surface area contributed by atoms with Gasteiger partial charge in [0.05, 0.1) is 6.54 Å². The van der Waals surface area contributed by atoms with E-state index < -0.39 is 0 Å². The van der Waals surface area contributed by atoms with Gasteiger partial charge in [-0.25, -0.2) is 15.8 Å². The normalized spacial score (nSPS) is 11.1. The zero-order valence-corrected chi connectivity index (χ0v) is 12.3. The highest BCUT2D eigenvalue weighted by Crippen LogP contribution is 2.10. The van der Waals surface area contributed by atoms with E-state index in [9.17, 15) is 4.79 Å². The van der Waals surface area contributed by atoms with Crippen LogP contribution < -0.4 is 21.9 Å². The van der Waals surface area contributed by atoms with E-state index in [4.69, 9.17) is 10.6 Å². The first-order valence-corrected chi connectivity index (χ1v) is 6.22. The molecule has 8 heteroatoms. The number of amides is 1. The van der Waals surface area contributed by atoms with Gasteiger partial charge in [0.15, 0.2) is 5.82 Å². The number of hydrogen-bond donors (Lipinski definition) is 4. The van der Waals surface area contributed by atoms with Crippen molar-refractivity contribution in [3.63, 3.8) is 0 Å². The number of hydrazine groups is 1. The molecule has 5 N–H and O–H groups in total. The van der Waals surface area contributed by atoms with Gasteiger partial charge in [-0.1, -0.05) is 0 Å². The lowest BCUT2D eigenvalue weighted by Gasteiger charge is -2.20. The van der Waals surface area contributed by atoms with Gasteiger partial charge in [0.1, 0.15) is 18.2 Å². The molecule has 0 aliphatic heterocycles. The molecule has 0 aromatic carbocycles. The minimum atomic E-state index is -0.268. The molecular weight excluding hydrogens is 260 g/mol. The van der Waals surface area contributed by atoms with E-state index in [-0.39, 0.29) is 24.6 Å². The predicted molar refractivity (Wildman–Crippen MR) is 76.9 cm³/mol. The second-order valence-electron chi connectivity index (χ2n) is 5.28. The molecule has 20 heavy (non-hydrogen) atoms. The van der Waals surface area contributed by atoms with Crippen molar-refractivity contribution in [3.05, 3.63) is 11.9 Å². The molecule has 0 spiro atoms. The molecule has 0 aliphatic rings. The molecule has 1 aromatic heterocycles. The van der Waals surface area contributed by atoms with Crippen LogP contribution in [0.2, 0.25) is 0 Å². The van der Waals surface area contributed by atoms with Crippen LogP contribution >= 0.6 is 0 Å². The largest absolute Gasteiger partial charge is 0.377 e. The monoisotopic (exact) mass is 282 g/mol. The summed E-state index contributed by atoms with van der Waals surface area (Å²) in [5.41, 5.74) is 2.18. The quantitative estimate of drug-likeness (QED) is 0.436. The Morgan fingerprint density at radius 3 is 2.55 bits per heavy atom. The van der Waals surface area contributed by atoms with E-state index >= 15 is 0 Å². The van der Waals surface area contributed by atoms with Crippen LogP contribution in [0.4, 0.5) is 11.6 Å². The molecule has 0 radical (unpaired) electrons.